The second kappa shape index (κ2) is 5.85. The van der Waals surface area contributed by atoms with Crippen LogP contribution in [-0.4, -0.2) is 20.0 Å². The zero-order valence-electron chi connectivity index (χ0n) is 10.9. The summed E-state index contributed by atoms with van der Waals surface area (Å²) in [6.07, 6.45) is 5.59. The van der Waals surface area contributed by atoms with Crippen LogP contribution in [0.3, 0.4) is 0 Å². The van der Waals surface area contributed by atoms with Gasteiger partial charge in [0.1, 0.15) is 0 Å². The average molecular weight is 273 g/mol. The van der Waals surface area contributed by atoms with Crippen LogP contribution in [0.5, 0.6) is 11.5 Å². The predicted molar refractivity (Wildman–Crippen MR) is 77.6 cm³/mol. The number of hydrogen-bond donors (Lipinski definition) is 0. The molecule has 1 aromatic rings. The van der Waals surface area contributed by atoms with Crippen LogP contribution >= 0.6 is 11.8 Å². The van der Waals surface area contributed by atoms with Gasteiger partial charge in [-0.05, 0) is 23.1 Å². The summed E-state index contributed by atoms with van der Waals surface area (Å²) in [6.45, 7) is 0. The molecule has 19 heavy (non-hydrogen) atoms. The number of nitriles is 1. The number of benzene rings is 1. The van der Waals surface area contributed by atoms with Crippen LogP contribution in [0.1, 0.15) is 5.56 Å². The second-order valence-electron chi connectivity index (χ2n) is 4.19. The van der Waals surface area contributed by atoms with Crippen molar-refractivity contribution in [1.82, 2.24) is 0 Å². The van der Waals surface area contributed by atoms with Crippen molar-refractivity contribution in [3.8, 4) is 17.6 Å². The van der Waals surface area contributed by atoms with Crippen LogP contribution in [0.15, 0.2) is 41.8 Å². The zero-order valence-corrected chi connectivity index (χ0v) is 11.7. The molecule has 0 amide bonds. The largest absolute Gasteiger partial charge is 0.493 e. The van der Waals surface area contributed by atoms with Gasteiger partial charge in [-0.15, -0.1) is 11.8 Å². The first-order chi connectivity index (χ1) is 9.25. The first-order valence-corrected chi connectivity index (χ1v) is 6.90. The van der Waals surface area contributed by atoms with Gasteiger partial charge in [0.2, 0.25) is 0 Å². The normalized spacial score (nSPS) is 21.5. The van der Waals surface area contributed by atoms with E-state index in [0.29, 0.717) is 11.5 Å². The fourth-order valence-electron chi connectivity index (χ4n) is 2.09. The van der Waals surface area contributed by atoms with E-state index >= 15 is 0 Å². The lowest BCUT2D eigenvalue weighted by atomic mass is 9.82. The minimum atomic E-state index is -0.236. The minimum absolute atomic E-state index is 0.236. The van der Waals surface area contributed by atoms with E-state index in [0.717, 1.165) is 11.3 Å². The van der Waals surface area contributed by atoms with Crippen LogP contribution in [-0.2, 0) is 5.41 Å². The van der Waals surface area contributed by atoms with Crippen molar-refractivity contribution in [2.45, 2.75) is 5.41 Å². The molecule has 1 unspecified atom stereocenters. The number of allylic oxidation sites excluding steroid dienone is 3. The Morgan fingerprint density at radius 2 is 2.11 bits per heavy atom. The highest BCUT2D eigenvalue weighted by Gasteiger charge is 2.30. The lowest BCUT2D eigenvalue weighted by molar-refractivity contribution is 0.354. The standard InChI is InChI=1S/C15H15NO2S/c1-17-13-5-4-12(10-14(13)18-2)15(6-3-8-16)7-9-19-11-15/h3-7,9-10H,11H2,1-2H3/b6-3-. The van der Waals surface area contributed by atoms with Crippen molar-refractivity contribution in [2.75, 3.05) is 20.0 Å². The summed E-state index contributed by atoms with van der Waals surface area (Å²) in [5.41, 5.74) is 0.859. The van der Waals surface area contributed by atoms with Gasteiger partial charge in [0.15, 0.2) is 11.5 Å². The minimum Gasteiger partial charge on any atom is -0.493 e. The number of hydrogen-bond acceptors (Lipinski definition) is 4. The molecule has 0 fully saturated rings. The monoisotopic (exact) mass is 273 g/mol. The maximum Gasteiger partial charge on any atom is 0.161 e. The van der Waals surface area contributed by atoms with E-state index < -0.39 is 0 Å². The molecule has 4 heteroatoms. The van der Waals surface area contributed by atoms with Crippen molar-refractivity contribution in [3.63, 3.8) is 0 Å². The Balaban J connectivity index is 2.47. The molecule has 0 saturated heterocycles. The summed E-state index contributed by atoms with van der Waals surface area (Å²) >= 11 is 1.74. The molecule has 0 aliphatic carbocycles. The van der Waals surface area contributed by atoms with Crippen molar-refractivity contribution in [2.24, 2.45) is 0 Å². The summed E-state index contributed by atoms with van der Waals surface area (Å²) in [6, 6.07) is 7.94. The highest BCUT2D eigenvalue weighted by molar-refractivity contribution is 8.02. The van der Waals surface area contributed by atoms with Crippen LogP contribution in [0, 0.1) is 11.3 Å². The van der Waals surface area contributed by atoms with Gasteiger partial charge in [-0.2, -0.15) is 5.26 Å². The third kappa shape index (κ3) is 2.61. The molecule has 1 aromatic carbocycles. The maximum absolute atomic E-state index is 8.76. The Kier molecular flexibility index (Phi) is 4.18. The molecule has 0 bridgehead atoms. The molecule has 1 aliphatic rings. The Hall–Kier alpha value is -1.86. The summed E-state index contributed by atoms with van der Waals surface area (Å²) < 4.78 is 10.6. The molecule has 0 aromatic heterocycles. The van der Waals surface area contributed by atoms with E-state index in [4.69, 9.17) is 14.7 Å². The van der Waals surface area contributed by atoms with Crippen LogP contribution in [0.4, 0.5) is 0 Å². The van der Waals surface area contributed by atoms with Gasteiger partial charge in [-0.25, -0.2) is 0 Å². The van der Waals surface area contributed by atoms with E-state index in [9.17, 15) is 0 Å². The van der Waals surface area contributed by atoms with Crippen molar-refractivity contribution >= 4 is 11.8 Å². The SMILES string of the molecule is COc1ccc(C2(/C=C\C#N)C=CSC2)cc1OC. The van der Waals surface area contributed by atoms with E-state index in [-0.39, 0.29) is 5.41 Å². The molecule has 0 N–H and O–H groups in total. The van der Waals surface area contributed by atoms with Gasteiger partial charge in [-0.3, -0.25) is 0 Å². The van der Waals surface area contributed by atoms with Crippen molar-refractivity contribution < 1.29 is 9.47 Å². The Bertz CT molecular complexity index is 560. The van der Waals surface area contributed by atoms with Gasteiger partial charge in [0.25, 0.3) is 0 Å². The number of methoxy groups -OCH3 is 2. The lowest BCUT2D eigenvalue weighted by Gasteiger charge is -2.24. The number of ether oxygens (including phenoxy) is 2. The summed E-state index contributed by atoms with van der Waals surface area (Å²) in [4.78, 5) is 0. The van der Waals surface area contributed by atoms with E-state index in [2.05, 4.69) is 17.6 Å². The first kappa shape index (κ1) is 13.6. The Morgan fingerprint density at radius 1 is 1.32 bits per heavy atom. The fraction of sp³-hybridized carbons (Fsp3) is 0.267. The van der Waals surface area contributed by atoms with Gasteiger partial charge in [0, 0.05) is 17.2 Å². The number of thioether (sulfide) groups is 1. The quantitative estimate of drug-likeness (QED) is 0.789. The van der Waals surface area contributed by atoms with Gasteiger partial charge in [0.05, 0.1) is 20.3 Å². The summed E-state index contributed by atoms with van der Waals surface area (Å²) in [5, 5.41) is 10.8. The molecule has 2 rings (SSSR count). The predicted octanol–water partition coefficient (Wildman–Crippen LogP) is 3.28. The molecule has 0 radical (unpaired) electrons. The molecule has 98 valence electrons. The smallest absolute Gasteiger partial charge is 0.161 e. The van der Waals surface area contributed by atoms with Crippen LogP contribution in [0.25, 0.3) is 0 Å². The number of nitrogens with zero attached hydrogens (tertiary/aromatic N) is 1. The summed E-state index contributed by atoms with van der Waals surface area (Å²) in [5.74, 6) is 2.30. The Labute approximate surface area is 117 Å². The van der Waals surface area contributed by atoms with E-state index in [1.54, 1.807) is 26.0 Å². The van der Waals surface area contributed by atoms with Crippen molar-refractivity contribution in [3.05, 3.63) is 47.4 Å². The second-order valence-corrected chi connectivity index (χ2v) is 5.08. The molecule has 1 aliphatic heterocycles. The lowest BCUT2D eigenvalue weighted by Crippen LogP contribution is -2.21. The third-order valence-corrected chi connectivity index (χ3v) is 4.13. The van der Waals surface area contributed by atoms with Gasteiger partial charge in [-0.1, -0.05) is 18.2 Å². The summed E-state index contributed by atoms with van der Waals surface area (Å²) in [7, 11) is 3.24. The van der Waals surface area contributed by atoms with E-state index in [1.807, 2.05) is 24.3 Å². The van der Waals surface area contributed by atoms with E-state index in [1.165, 1.54) is 6.08 Å². The molecule has 0 spiro atoms. The first-order valence-electron chi connectivity index (χ1n) is 5.85. The third-order valence-electron chi connectivity index (χ3n) is 3.16. The maximum atomic E-state index is 8.76. The van der Waals surface area contributed by atoms with Crippen molar-refractivity contribution in [1.29, 1.82) is 5.26 Å². The molecular weight excluding hydrogens is 258 g/mol. The fourth-order valence-corrected chi connectivity index (χ4v) is 3.16. The molecule has 1 atom stereocenters. The topological polar surface area (TPSA) is 42.2 Å². The molecule has 1 heterocycles. The van der Waals surface area contributed by atoms with Crippen LogP contribution in [0.2, 0.25) is 0 Å². The van der Waals surface area contributed by atoms with Gasteiger partial charge >= 0.3 is 0 Å². The highest BCUT2D eigenvalue weighted by atomic mass is 32.2. The molecular formula is C15H15NO2S. The highest BCUT2D eigenvalue weighted by Crippen LogP contribution is 2.40. The molecule has 0 saturated carbocycles. The number of rotatable bonds is 4. The van der Waals surface area contributed by atoms with Gasteiger partial charge < -0.3 is 9.47 Å². The zero-order chi connectivity index (χ0) is 13.7. The average Bonchev–Trinajstić information content (AvgIpc) is 2.94. The van der Waals surface area contributed by atoms with Crippen LogP contribution < -0.4 is 9.47 Å². The Morgan fingerprint density at radius 3 is 2.68 bits per heavy atom. The molecule has 3 nitrogen and oxygen atoms in total.